The molecular weight excluding hydrogens is 224 g/mol. The summed E-state index contributed by atoms with van der Waals surface area (Å²) in [4.78, 5) is 14.5. The predicted octanol–water partition coefficient (Wildman–Crippen LogP) is 2.01. The average Bonchev–Trinajstić information content (AvgIpc) is 2.95. The number of aryl methyl sites for hydroxylation is 1. The van der Waals surface area contributed by atoms with Crippen LogP contribution in [0.5, 0.6) is 0 Å². The van der Waals surface area contributed by atoms with Crippen LogP contribution in [0.15, 0.2) is 18.2 Å². The van der Waals surface area contributed by atoms with E-state index in [0.29, 0.717) is 0 Å². The maximum absolute atomic E-state index is 12.6. The van der Waals surface area contributed by atoms with Crippen molar-refractivity contribution >= 4 is 11.6 Å². The third kappa shape index (κ3) is 1.74. The molecule has 2 atom stereocenters. The highest BCUT2D eigenvalue weighted by Crippen LogP contribution is 2.34. The fourth-order valence-electron chi connectivity index (χ4n) is 3.33. The second-order valence-electron chi connectivity index (χ2n) is 5.51. The molecule has 1 amide bonds. The number of hydrogen-bond acceptors (Lipinski definition) is 2. The van der Waals surface area contributed by atoms with Gasteiger partial charge in [0.25, 0.3) is 0 Å². The zero-order valence-corrected chi connectivity index (χ0v) is 10.9. The molecule has 1 saturated carbocycles. The van der Waals surface area contributed by atoms with E-state index in [4.69, 9.17) is 5.73 Å². The first-order valence-corrected chi connectivity index (χ1v) is 6.84. The van der Waals surface area contributed by atoms with Crippen molar-refractivity contribution in [1.82, 2.24) is 0 Å². The topological polar surface area (TPSA) is 46.3 Å². The van der Waals surface area contributed by atoms with E-state index in [-0.39, 0.29) is 17.9 Å². The van der Waals surface area contributed by atoms with Gasteiger partial charge in [-0.15, -0.1) is 0 Å². The van der Waals surface area contributed by atoms with Crippen LogP contribution in [0.2, 0.25) is 0 Å². The fourth-order valence-corrected chi connectivity index (χ4v) is 3.33. The standard InChI is InChI=1S/C15H20N2O/c1-10-4-2-7-14-11(10)8-9-17(14)15(18)12-5-3-6-13(12)16/h2,4,7,12-13H,3,5-6,8-9,16H2,1H3/t12-,13+/m0/s1. The van der Waals surface area contributed by atoms with Gasteiger partial charge >= 0.3 is 0 Å². The smallest absolute Gasteiger partial charge is 0.231 e. The van der Waals surface area contributed by atoms with Crippen LogP contribution >= 0.6 is 0 Å². The molecule has 2 N–H and O–H groups in total. The molecule has 1 aliphatic carbocycles. The highest BCUT2D eigenvalue weighted by Gasteiger charge is 2.36. The normalized spacial score (nSPS) is 26.4. The van der Waals surface area contributed by atoms with Gasteiger partial charge in [0, 0.05) is 18.3 Å². The van der Waals surface area contributed by atoms with Crippen LogP contribution in [-0.2, 0) is 11.2 Å². The summed E-state index contributed by atoms with van der Waals surface area (Å²) in [6.07, 6.45) is 4.02. The van der Waals surface area contributed by atoms with Crippen LogP contribution in [0.1, 0.15) is 30.4 Å². The summed E-state index contributed by atoms with van der Waals surface area (Å²) < 4.78 is 0. The molecule has 18 heavy (non-hydrogen) atoms. The van der Waals surface area contributed by atoms with Crippen LogP contribution in [-0.4, -0.2) is 18.5 Å². The van der Waals surface area contributed by atoms with Crippen LogP contribution in [0.3, 0.4) is 0 Å². The van der Waals surface area contributed by atoms with Gasteiger partial charge in [0.2, 0.25) is 5.91 Å². The van der Waals surface area contributed by atoms with E-state index in [0.717, 1.165) is 37.9 Å². The summed E-state index contributed by atoms with van der Waals surface area (Å²) >= 11 is 0. The minimum absolute atomic E-state index is 0.0384. The first-order valence-electron chi connectivity index (χ1n) is 6.84. The minimum Gasteiger partial charge on any atom is -0.327 e. The molecule has 3 heteroatoms. The van der Waals surface area contributed by atoms with Crippen LogP contribution in [0.4, 0.5) is 5.69 Å². The van der Waals surface area contributed by atoms with Crippen molar-refractivity contribution in [1.29, 1.82) is 0 Å². The monoisotopic (exact) mass is 244 g/mol. The molecule has 0 spiro atoms. The third-order valence-electron chi connectivity index (χ3n) is 4.41. The van der Waals surface area contributed by atoms with E-state index < -0.39 is 0 Å². The van der Waals surface area contributed by atoms with E-state index in [9.17, 15) is 4.79 Å². The van der Waals surface area contributed by atoms with Gasteiger partial charge in [-0.2, -0.15) is 0 Å². The van der Waals surface area contributed by atoms with Gasteiger partial charge in [-0.1, -0.05) is 18.6 Å². The van der Waals surface area contributed by atoms with Gasteiger partial charge in [-0.25, -0.2) is 0 Å². The molecule has 1 fully saturated rings. The second-order valence-corrected chi connectivity index (χ2v) is 5.51. The SMILES string of the molecule is Cc1cccc2c1CCN2C(=O)[C@H]1CCC[C@H]1N. The van der Waals surface area contributed by atoms with E-state index >= 15 is 0 Å². The molecule has 0 unspecified atom stereocenters. The van der Waals surface area contributed by atoms with Crippen molar-refractivity contribution in [2.24, 2.45) is 11.7 Å². The van der Waals surface area contributed by atoms with E-state index in [2.05, 4.69) is 19.1 Å². The zero-order valence-electron chi connectivity index (χ0n) is 10.9. The molecular formula is C15H20N2O. The number of nitrogens with two attached hydrogens (primary N) is 1. The number of amides is 1. The number of rotatable bonds is 1. The maximum atomic E-state index is 12.6. The molecule has 0 bridgehead atoms. The van der Waals surface area contributed by atoms with Gasteiger partial charge < -0.3 is 10.6 Å². The van der Waals surface area contributed by atoms with Crippen molar-refractivity contribution < 1.29 is 4.79 Å². The van der Waals surface area contributed by atoms with Gasteiger partial charge in [-0.3, -0.25) is 4.79 Å². The molecule has 1 aliphatic heterocycles. The molecule has 2 aliphatic rings. The Kier molecular flexibility index (Phi) is 2.86. The number of nitrogens with zero attached hydrogens (tertiary/aromatic N) is 1. The summed E-state index contributed by atoms with van der Waals surface area (Å²) in [6, 6.07) is 6.28. The number of benzene rings is 1. The fraction of sp³-hybridized carbons (Fsp3) is 0.533. The number of carbonyl (C=O) groups excluding carboxylic acids is 1. The molecule has 0 radical (unpaired) electrons. The number of anilines is 1. The molecule has 3 nitrogen and oxygen atoms in total. The third-order valence-corrected chi connectivity index (χ3v) is 4.41. The van der Waals surface area contributed by atoms with Crippen molar-refractivity contribution in [2.75, 3.05) is 11.4 Å². The Hall–Kier alpha value is -1.35. The quantitative estimate of drug-likeness (QED) is 0.821. The minimum atomic E-state index is 0.0384. The molecule has 0 saturated heterocycles. The maximum Gasteiger partial charge on any atom is 0.231 e. The molecule has 1 aromatic rings. The Balaban J connectivity index is 1.88. The predicted molar refractivity (Wildman–Crippen MR) is 72.6 cm³/mol. The Morgan fingerprint density at radius 3 is 2.94 bits per heavy atom. The highest BCUT2D eigenvalue weighted by molar-refractivity contribution is 5.97. The Morgan fingerprint density at radius 1 is 1.39 bits per heavy atom. The lowest BCUT2D eigenvalue weighted by atomic mass is 10.0. The van der Waals surface area contributed by atoms with Crippen LogP contribution < -0.4 is 10.6 Å². The Labute approximate surface area is 108 Å². The zero-order chi connectivity index (χ0) is 12.7. The molecule has 1 heterocycles. The molecule has 96 valence electrons. The lowest BCUT2D eigenvalue weighted by molar-refractivity contribution is -0.122. The van der Waals surface area contributed by atoms with E-state index in [1.807, 2.05) is 11.0 Å². The first kappa shape index (κ1) is 11.7. The molecule has 3 rings (SSSR count). The van der Waals surface area contributed by atoms with Gasteiger partial charge in [0.1, 0.15) is 0 Å². The van der Waals surface area contributed by atoms with E-state index in [1.165, 1.54) is 11.1 Å². The summed E-state index contributed by atoms with van der Waals surface area (Å²) in [5.41, 5.74) is 9.78. The van der Waals surface area contributed by atoms with Gasteiger partial charge in [0.05, 0.1) is 5.92 Å². The molecule has 1 aromatic carbocycles. The van der Waals surface area contributed by atoms with Crippen molar-refractivity contribution in [2.45, 2.75) is 38.6 Å². The van der Waals surface area contributed by atoms with Crippen LogP contribution in [0.25, 0.3) is 0 Å². The highest BCUT2D eigenvalue weighted by atomic mass is 16.2. The van der Waals surface area contributed by atoms with Gasteiger partial charge in [-0.05, 0) is 43.4 Å². The number of hydrogen-bond donors (Lipinski definition) is 1. The van der Waals surface area contributed by atoms with E-state index in [1.54, 1.807) is 0 Å². The summed E-state index contributed by atoms with van der Waals surface area (Å²) in [5, 5.41) is 0. The van der Waals surface area contributed by atoms with Crippen LogP contribution in [0, 0.1) is 12.8 Å². The largest absolute Gasteiger partial charge is 0.327 e. The number of carbonyl (C=O) groups is 1. The van der Waals surface area contributed by atoms with Gasteiger partial charge in [0.15, 0.2) is 0 Å². The Morgan fingerprint density at radius 2 is 2.22 bits per heavy atom. The van der Waals surface area contributed by atoms with Crippen molar-refractivity contribution in [3.05, 3.63) is 29.3 Å². The summed E-state index contributed by atoms with van der Waals surface area (Å²) in [7, 11) is 0. The first-order chi connectivity index (χ1) is 8.68. The average molecular weight is 244 g/mol. The lowest BCUT2D eigenvalue weighted by Gasteiger charge is -2.23. The molecule has 0 aromatic heterocycles. The number of fused-ring (bicyclic) bond motifs is 1. The van der Waals surface area contributed by atoms with Crippen molar-refractivity contribution in [3.63, 3.8) is 0 Å². The summed E-state index contributed by atoms with van der Waals surface area (Å²) in [5.74, 6) is 0.279. The second kappa shape index (κ2) is 4.39. The Bertz CT molecular complexity index is 483. The lowest BCUT2D eigenvalue weighted by Crippen LogP contribution is -2.41. The summed E-state index contributed by atoms with van der Waals surface area (Å²) in [6.45, 7) is 2.94. The van der Waals surface area contributed by atoms with Crippen molar-refractivity contribution in [3.8, 4) is 0 Å².